The van der Waals surface area contributed by atoms with Crippen LogP contribution >= 0.6 is 0 Å². The van der Waals surface area contributed by atoms with E-state index >= 15 is 0 Å². The second-order valence-electron chi connectivity index (χ2n) is 3.26. The maximum atomic E-state index is 13.4. The molecule has 0 atom stereocenters. The monoisotopic (exact) mass is 248 g/mol. The van der Waals surface area contributed by atoms with E-state index in [1.54, 1.807) is 0 Å². The van der Waals surface area contributed by atoms with Gasteiger partial charge in [-0.2, -0.15) is 0 Å². The number of hydrogen-bond acceptors (Lipinski definition) is 1. The van der Waals surface area contributed by atoms with Crippen LogP contribution in [0, 0.1) is 36.0 Å². The highest BCUT2D eigenvalue weighted by Crippen LogP contribution is 2.26. The van der Waals surface area contributed by atoms with Crippen LogP contribution in [0.5, 0.6) is 0 Å². The molecule has 0 amide bonds. The van der Waals surface area contributed by atoms with Gasteiger partial charge in [-0.25, -0.2) is 26.9 Å². The van der Waals surface area contributed by atoms with Gasteiger partial charge >= 0.3 is 0 Å². The van der Waals surface area contributed by atoms with E-state index in [0.717, 1.165) is 10.8 Å². The van der Waals surface area contributed by atoms with Crippen molar-refractivity contribution >= 4 is 0 Å². The number of halogens is 5. The van der Waals surface area contributed by atoms with E-state index in [4.69, 9.17) is 0 Å². The maximum absolute atomic E-state index is 13.4. The Morgan fingerprint density at radius 1 is 0.882 bits per heavy atom. The van der Waals surface area contributed by atoms with E-state index in [9.17, 15) is 22.0 Å². The van der Waals surface area contributed by atoms with Gasteiger partial charge in [-0.05, 0) is 6.92 Å². The predicted octanol–water partition coefficient (Wildman–Crippen LogP) is 2.88. The Hall–Kier alpha value is -1.92. The van der Waals surface area contributed by atoms with Gasteiger partial charge in [0.15, 0.2) is 23.3 Å². The smallest absolute Gasteiger partial charge is 0.200 e. The zero-order valence-corrected chi connectivity index (χ0v) is 8.44. The predicted molar refractivity (Wildman–Crippen MR) is 48.1 cm³/mol. The Morgan fingerprint density at radius 2 is 1.35 bits per heavy atom. The Labute approximate surface area is 92.3 Å². The molecule has 0 aliphatic rings. The van der Waals surface area contributed by atoms with Crippen LogP contribution in [0.15, 0.2) is 12.4 Å². The summed E-state index contributed by atoms with van der Waals surface area (Å²) in [7, 11) is 0. The van der Waals surface area contributed by atoms with Gasteiger partial charge in [-0.1, -0.05) is 0 Å². The lowest BCUT2D eigenvalue weighted by Crippen LogP contribution is -2.10. The van der Waals surface area contributed by atoms with Gasteiger partial charge in [0.25, 0.3) is 0 Å². The quantitative estimate of drug-likeness (QED) is 0.431. The zero-order valence-electron chi connectivity index (χ0n) is 8.44. The highest BCUT2D eigenvalue weighted by Gasteiger charge is 2.27. The number of aryl methyl sites for hydroxylation is 1. The van der Waals surface area contributed by atoms with Crippen molar-refractivity contribution in [3.63, 3.8) is 0 Å². The average molecular weight is 248 g/mol. The number of rotatable bonds is 1. The van der Waals surface area contributed by atoms with E-state index in [2.05, 4.69) is 4.98 Å². The van der Waals surface area contributed by atoms with E-state index in [0.29, 0.717) is 0 Å². The Balaban J connectivity index is 2.84. The molecule has 2 nitrogen and oxygen atoms in total. The van der Waals surface area contributed by atoms with Crippen LogP contribution < -0.4 is 0 Å². The lowest BCUT2D eigenvalue weighted by atomic mass is 10.2. The molecule has 17 heavy (non-hydrogen) atoms. The lowest BCUT2D eigenvalue weighted by molar-refractivity contribution is 0.375. The molecule has 2 aromatic rings. The van der Waals surface area contributed by atoms with Crippen molar-refractivity contribution in [2.24, 2.45) is 0 Å². The van der Waals surface area contributed by atoms with Crippen LogP contribution in [-0.4, -0.2) is 9.55 Å². The third kappa shape index (κ3) is 1.58. The molecule has 0 saturated heterocycles. The molecule has 0 bridgehead atoms. The van der Waals surface area contributed by atoms with Crippen molar-refractivity contribution in [1.29, 1.82) is 0 Å². The number of nitrogens with zero attached hydrogens (tertiary/aromatic N) is 2. The topological polar surface area (TPSA) is 17.8 Å². The summed E-state index contributed by atoms with van der Waals surface area (Å²) in [4.78, 5) is 3.65. The van der Waals surface area contributed by atoms with Crippen LogP contribution in [0.25, 0.3) is 5.69 Å². The highest BCUT2D eigenvalue weighted by molar-refractivity contribution is 5.38. The molecule has 2 rings (SSSR count). The molecular formula is C10H5F5N2. The fraction of sp³-hybridized carbons (Fsp3) is 0.100. The van der Waals surface area contributed by atoms with Crippen LogP contribution in [0.3, 0.4) is 0 Å². The second-order valence-corrected chi connectivity index (χ2v) is 3.26. The largest absolute Gasteiger partial charge is 0.298 e. The maximum Gasteiger partial charge on any atom is 0.200 e. The minimum Gasteiger partial charge on any atom is -0.298 e. The van der Waals surface area contributed by atoms with Gasteiger partial charge in [0.05, 0.1) is 0 Å². The molecule has 90 valence electrons. The molecule has 0 aliphatic carbocycles. The Morgan fingerprint density at radius 3 is 1.76 bits per heavy atom. The van der Waals surface area contributed by atoms with Crippen LogP contribution in [0.4, 0.5) is 22.0 Å². The molecule has 0 N–H and O–H groups in total. The van der Waals surface area contributed by atoms with E-state index in [1.807, 2.05) is 0 Å². The summed E-state index contributed by atoms with van der Waals surface area (Å²) < 4.78 is 66.2. The average Bonchev–Trinajstić information content (AvgIpc) is 2.71. The van der Waals surface area contributed by atoms with Crippen LogP contribution in [-0.2, 0) is 0 Å². The number of hydrogen-bond donors (Lipinski definition) is 0. The van der Waals surface area contributed by atoms with Crippen molar-refractivity contribution in [2.75, 3.05) is 0 Å². The summed E-state index contributed by atoms with van der Waals surface area (Å²) in [5.41, 5.74) is -1.03. The molecule has 7 heteroatoms. The minimum absolute atomic E-state index is 0.105. The summed E-state index contributed by atoms with van der Waals surface area (Å²) in [6.07, 6.45) is 2.29. The molecule has 1 heterocycles. The Bertz CT molecular complexity index is 562. The van der Waals surface area contributed by atoms with Gasteiger partial charge in [0, 0.05) is 12.4 Å². The fourth-order valence-electron chi connectivity index (χ4n) is 1.42. The molecule has 0 aliphatic heterocycles. The summed E-state index contributed by atoms with van der Waals surface area (Å²) in [5.74, 6) is -9.81. The summed E-state index contributed by atoms with van der Waals surface area (Å²) in [6, 6.07) is 0. The molecule has 0 saturated carbocycles. The number of aromatic nitrogens is 2. The summed E-state index contributed by atoms with van der Waals surface area (Å²) in [5, 5.41) is 0. The van der Waals surface area contributed by atoms with Gasteiger partial charge in [-0.3, -0.25) is 4.57 Å². The molecule has 0 spiro atoms. The fourth-order valence-corrected chi connectivity index (χ4v) is 1.42. The van der Waals surface area contributed by atoms with Crippen molar-refractivity contribution in [1.82, 2.24) is 9.55 Å². The molecular weight excluding hydrogens is 243 g/mol. The van der Waals surface area contributed by atoms with E-state index in [1.165, 1.54) is 13.1 Å². The minimum atomic E-state index is -2.18. The third-order valence-electron chi connectivity index (χ3n) is 2.25. The second kappa shape index (κ2) is 3.83. The van der Waals surface area contributed by atoms with E-state index < -0.39 is 34.8 Å². The third-order valence-corrected chi connectivity index (χ3v) is 2.25. The normalized spacial score (nSPS) is 10.9. The first-order valence-corrected chi connectivity index (χ1v) is 4.47. The first kappa shape index (κ1) is 11.6. The van der Waals surface area contributed by atoms with E-state index in [-0.39, 0.29) is 5.82 Å². The molecule has 1 aromatic heterocycles. The number of imidazole rings is 1. The van der Waals surface area contributed by atoms with Crippen LogP contribution in [0.2, 0.25) is 0 Å². The molecule has 0 fully saturated rings. The number of benzene rings is 1. The SMILES string of the molecule is Cc1nccn1-c1c(F)c(F)c(F)c(F)c1F. The van der Waals surface area contributed by atoms with Gasteiger partial charge in [0.1, 0.15) is 11.5 Å². The molecule has 0 unspecified atom stereocenters. The highest BCUT2D eigenvalue weighted by atomic mass is 19.2. The Kier molecular flexibility index (Phi) is 2.60. The first-order valence-electron chi connectivity index (χ1n) is 4.47. The lowest BCUT2D eigenvalue weighted by Gasteiger charge is -2.10. The molecule has 0 radical (unpaired) electrons. The van der Waals surface area contributed by atoms with Gasteiger partial charge < -0.3 is 0 Å². The molecule has 1 aromatic carbocycles. The van der Waals surface area contributed by atoms with Crippen molar-refractivity contribution < 1.29 is 22.0 Å². The van der Waals surface area contributed by atoms with Crippen molar-refractivity contribution in [3.05, 3.63) is 47.3 Å². The van der Waals surface area contributed by atoms with Gasteiger partial charge in [0.2, 0.25) is 5.82 Å². The van der Waals surface area contributed by atoms with Crippen molar-refractivity contribution in [2.45, 2.75) is 6.92 Å². The summed E-state index contributed by atoms with van der Waals surface area (Å²) in [6.45, 7) is 1.37. The standard InChI is InChI=1S/C10H5F5N2/c1-4-16-2-3-17(4)10-8(14)6(12)5(11)7(13)9(10)15/h2-3H,1H3. The van der Waals surface area contributed by atoms with Gasteiger partial charge in [-0.15, -0.1) is 0 Å². The van der Waals surface area contributed by atoms with Crippen LogP contribution in [0.1, 0.15) is 5.82 Å². The zero-order chi connectivity index (χ0) is 12.7. The first-order chi connectivity index (χ1) is 7.95. The summed E-state index contributed by atoms with van der Waals surface area (Å²) >= 11 is 0. The van der Waals surface area contributed by atoms with Crippen molar-refractivity contribution in [3.8, 4) is 5.69 Å².